The Balaban J connectivity index is 2.22. The quantitative estimate of drug-likeness (QED) is 0.751. The highest BCUT2D eigenvalue weighted by atomic mass is 32.1. The Morgan fingerprint density at radius 3 is 2.76 bits per heavy atom. The van der Waals surface area contributed by atoms with Crippen molar-refractivity contribution in [2.24, 2.45) is 7.05 Å². The number of hydrogen-bond acceptors (Lipinski definition) is 5. The largest absolute Gasteiger partial charge is 0.480 e. The molecule has 0 aromatic carbocycles. The Morgan fingerprint density at radius 2 is 2.24 bits per heavy atom. The number of amides is 1. The number of carboxylic acid groups (broad SMARTS) is 1. The number of aliphatic carboxylic acids is 1. The summed E-state index contributed by atoms with van der Waals surface area (Å²) >= 11 is 1.51. The van der Waals surface area contributed by atoms with E-state index in [9.17, 15) is 9.59 Å². The van der Waals surface area contributed by atoms with Crippen molar-refractivity contribution in [3.63, 3.8) is 0 Å². The molecule has 2 heterocycles. The Kier molecular flexibility index (Phi) is 4.39. The first-order chi connectivity index (χ1) is 9.92. The highest BCUT2D eigenvalue weighted by molar-refractivity contribution is 7.09. The average Bonchev–Trinajstić information content (AvgIpc) is 3.01. The molecule has 0 aliphatic rings. The second kappa shape index (κ2) is 6.06. The van der Waals surface area contributed by atoms with E-state index in [4.69, 9.17) is 10.2 Å². The van der Waals surface area contributed by atoms with Gasteiger partial charge < -0.3 is 20.1 Å². The molecule has 0 aliphatic carbocycles. The number of aliphatic hydroxyl groups is 1. The van der Waals surface area contributed by atoms with E-state index in [-0.39, 0.29) is 0 Å². The minimum absolute atomic E-state index is 0.301. The number of rotatable bonds is 5. The van der Waals surface area contributed by atoms with Gasteiger partial charge in [-0.1, -0.05) is 0 Å². The van der Waals surface area contributed by atoms with Gasteiger partial charge in [0.2, 0.25) is 0 Å². The highest BCUT2D eigenvalue weighted by Crippen LogP contribution is 2.23. The summed E-state index contributed by atoms with van der Waals surface area (Å²) in [4.78, 5) is 27.2. The number of nitrogens with one attached hydrogen (secondary N) is 1. The average molecular weight is 309 g/mol. The number of aromatic nitrogens is 2. The van der Waals surface area contributed by atoms with Crippen LogP contribution in [0.5, 0.6) is 0 Å². The molecule has 0 fully saturated rings. The fourth-order valence-corrected chi connectivity index (χ4v) is 2.47. The third kappa shape index (κ3) is 3.29. The molecule has 0 spiro atoms. The Bertz CT molecular complexity index is 677. The SMILES string of the molecule is Cc1nc(-c2cc(C(=O)N[C@@H](CO)C(=O)O)n(C)c2)cs1. The van der Waals surface area contributed by atoms with Crippen LogP contribution in [-0.4, -0.2) is 44.3 Å². The van der Waals surface area contributed by atoms with Crippen molar-refractivity contribution in [3.05, 3.63) is 28.3 Å². The summed E-state index contributed by atoms with van der Waals surface area (Å²) < 4.78 is 1.59. The summed E-state index contributed by atoms with van der Waals surface area (Å²) in [5, 5.41) is 22.8. The van der Waals surface area contributed by atoms with E-state index in [1.54, 1.807) is 23.9 Å². The van der Waals surface area contributed by atoms with Crippen LogP contribution < -0.4 is 5.32 Å². The summed E-state index contributed by atoms with van der Waals surface area (Å²) in [7, 11) is 1.69. The monoisotopic (exact) mass is 309 g/mol. The molecular weight excluding hydrogens is 294 g/mol. The lowest BCUT2D eigenvalue weighted by molar-refractivity contribution is -0.140. The molecule has 1 atom stereocenters. The van der Waals surface area contributed by atoms with Gasteiger partial charge in [0.1, 0.15) is 5.69 Å². The summed E-state index contributed by atoms with van der Waals surface area (Å²) in [6.45, 7) is 1.23. The van der Waals surface area contributed by atoms with Crippen molar-refractivity contribution >= 4 is 23.2 Å². The van der Waals surface area contributed by atoms with Gasteiger partial charge in [-0.05, 0) is 13.0 Å². The van der Waals surface area contributed by atoms with Crippen molar-refractivity contribution in [2.45, 2.75) is 13.0 Å². The maximum absolute atomic E-state index is 12.1. The molecule has 0 saturated carbocycles. The molecule has 2 aromatic heterocycles. The normalized spacial score (nSPS) is 12.1. The van der Waals surface area contributed by atoms with E-state index in [2.05, 4.69) is 10.3 Å². The van der Waals surface area contributed by atoms with Crippen LogP contribution in [0.3, 0.4) is 0 Å². The van der Waals surface area contributed by atoms with Crippen molar-refractivity contribution < 1.29 is 19.8 Å². The van der Waals surface area contributed by atoms with E-state index in [1.165, 1.54) is 11.3 Å². The summed E-state index contributed by atoms with van der Waals surface area (Å²) in [5.74, 6) is -1.84. The topological polar surface area (TPSA) is 104 Å². The van der Waals surface area contributed by atoms with E-state index in [0.29, 0.717) is 5.69 Å². The molecule has 0 radical (unpaired) electrons. The van der Waals surface area contributed by atoms with Gasteiger partial charge in [0.15, 0.2) is 6.04 Å². The molecule has 7 nitrogen and oxygen atoms in total. The second-order valence-electron chi connectivity index (χ2n) is 4.52. The first-order valence-corrected chi connectivity index (χ1v) is 7.03. The number of aryl methyl sites for hydroxylation is 2. The number of carbonyl (C=O) groups is 2. The van der Waals surface area contributed by atoms with Crippen LogP contribution in [-0.2, 0) is 11.8 Å². The third-order valence-corrected chi connectivity index (χ3v) is 3.71. The predicted octanol–water partition coefficient (Wildman–Crippen LogP) is 0.632. The Hall–Kier alpha value is -2.19. The zero-order valence-electron chi connectivity index (χ0n) is 11.5. The number of hydrogen-bond donors (Lipinski definition) is 3. The summed E-state index contributed by atoms with van der Waals surface area (Å²) in [5.41, 5.74) is 1.85. The van der Waals surface area contributed by atoms with Crippen LogP contribution in [0.1, 0.15) is 15.5 Å². The van der Waals surface area contributed by atoms with Gasteiger partial charge in [-0.3, -0.25) is 4.79 Å². The lowest BCUT2D eigenvalue weighted by atomic mass is 10.2. The molecule has 112 valence electrons. The third-order valence-electron chi connectivity index (χ3n) is 2.94. The standard InChI is InChI=1S/C13H15N3O4S/c1-7-14-10(6-21-7)8-3-11(16(2)4-8)12(18)15-9(5-17)13(19)20/h3-4,6,9,17H,5H2,1-2H3,(H,15,18)(H,19,20)/t9-/m0/s1. The summed E-state index contributed by atoms with van der Waals surface area (Å²) in [6, 6.07) is 0.317. The molecule has 1 amide bonds. The number of carboxylic acids is 1. The second-order valence-corrected chi connectivity index (χ2v) is 5.59. The molecule has 0 aliphatic heterocycles. The zero-order valence-corrected chi connectivity index (χ0v) is 12.3. The highest BCUT2D eigenvalue weighted by Gasteiger charge is 2.21. The van der Waals surface area contributed by atoms with E-state index >= 15 is 0 Å². The van der Waals surface area contributed by atoms with Gasteiger partial charge in [-0.25, -0.2) is 9.78 Å². The molecule has 0 bridgehead atoms. The van der Waals surface area contributed by atoms with E-state index < -0.39 is 24.5 Å². The first kappa shape index (κ1) is 15.2. The van der Waals surface area contributed by atoms with Crippen molar-refractivity contribution in [2.75, 3.05) is 6.61 Å². The summed E-state index contributed by atoms with van der Waals surface area (Å²) in [6.07, 6.45) is 1.75. The van der Waals surface area contributed by atoms with Gasteiger partial charge >= 0.3 is 5.97 Å². The van der Waals surface area contributed by atoms with Gasteiger partial charge in [0.25, 0.3) is 5.91 Å². The van der Waals surface area contributed by atoms with E-state index in [1.807, 2.05) is 12.3 Å². The fraction of sp³-hybridized carbons (Fsp3) is 0.308. The van der Waals surface area contributed by atoms with Crippen LogP contribution >= 0.6 is 11.3 Å². The van der Waals surface area contributed by atoms with Crippen LogP contribution in [0.25, 0.3) is 11.3 Å². The maximum atomic E-state index is 12.1. The molecular formula is C13H15N3O4S. The Labute approximate surface area is 124 Å². The fourth-order valence-electron chi connectivity index (χ4n) is 1.84. The lowest BCUT2D eigenvalue weighted by Crippen LogP contribution is -2.43. The van der Waals surface area contributed by atoms with Crippen LogP contribution in [0, 0.1) is 6.92 Å². The lowest BCUT2D eigenvalue weighted by Gasteiger charge is -2.11. The van der Waals surface area contributed by atoms with Crippen molar-refractivity contribution in [3.8, 4) is 11.3 Å². The molecule has 3 N–H and O–H groups in total. The smallest absolute Gasteiger partial charge is 0.328 e. The molecule has 8 heteroatoms. The number of nitrogens with zero attached hydrogens (tertiary/aromatic N) is 2. The number of thiazole rings is 1. The minimum Gasteiger partial charge on any atom is -0.480 e. The maximum Gasteiger partial charge on any atom is 0.328 e. The number of aliphatic hydroxyl groups excluding tert-OH is 1. The first-order valence-electron chi connectivity index (χ1n) is 6.15. The van der Waals surface area contributed by atoms with Crippen molar-refractivity contribution in [1.29, 1.82) is 0 Å². The zero-order chi connectivity index (χ0) is 15.6. The van der Waals surface area contributed by atoms with Gasteiger partial charge in [0, 0.05) is 24.2 Å². The van der Waals surface area contributed by atoms with Crippen molar-refractivity contribution in [1.82, 2.24) is 14.9 Å². The van der Waals surface area contributed by atoms with Crippen LogP contribution in [0.2, 0.25) is 0 Å². The minimum atomic E-state index is -1.32. The molecule has 2 rings (SSSR count). The predicted molar refractivity (Wildman–Crippen MR) is 77.2 cm³/mol. The molecule has 21 heavy (non-hydrogen) atoms. The van der Waals surface area contributed by atoms with Crippen LogP contribution in [0.15, 0.2) is 17.6 Å². The van der Waals surface area contributed by atoms with E-state index in [0.717, 1.165) is 16.3 Å². The van der Waals surface area contributed by atoms with Gasteiger partial charge in [0.05, 0.1) is 17.3 Å². The molecule has 0 saturated heterocycles. The Morgan fingerprint density at radius 1 is 1.52 bits per heavy atom. The molecule has 2 aromatic rings. The van der Waals surface area contributed by atoms with Crippen LogP contribution in [0.4, 0.5) is 0 Å². The van der Waals surface area contributed by atoms with Gasteiger partial charge in [-0.2, -0.15) is 0 Å². The molecule has 0 unspecified atom stereocenters. The number of carbonyl (C=O) groups excluding carboxylic acids is 1. The van der Waals surface area contributed by atoms with Gasteiger partial charge in [-0.15, -0.1) is 11.3 Å².